The fraction of sp³-hybridized carbons (Fsp3) is 0.136. The van der Waals surface area contributed by atoms with E-state index in [4.69, 9.17) is 4.74 Å². The van der Waals surface area contributed by atoms with Gasteiger partial charge in [-0.05, 0) is 49.8 Å². The molecule has 0 unspecified atom stereocenters. The molecule has 0 aliphatic carbocycles. The van der Waals surface area contributed by atoms with Crippen LogP contribution in [0.5, 0.6) is 5.75 Å². The SMILES string of the molecule is CCOc1ccc(-c2n[nH]c(C(=O)N/N=C/C=C/c3ccccc3)c2C)cc1. The average molecular weight is 374 g/mol. The summed E-state index contributed by atoms with van der Waals surface area (Å²) in [4.78, 5) is 12.3. The van der Waals surface area contributed by atoms with E-state index in [1.54, 1.807) is 6.08 Å². The maximum Gasteiger partial charge on any atom is 0.289 e. The standard InChI is InChI=1S/C22H22N4O2/c1-3-28-19-13-11-18(12-14-19)20-16(2)21(25-24-20)22(27)26-23-15-7-10-17-8-5-4-6-9-17/h4-15H,3H2,1-2H3,(H,24,25)(H,26,27)/b10-7+,23-15+. The molecular weight excluding hydrogens is 352 g/mol. The first-order valence-electron chi connectivity index (χ1n) is 9.02. The molecule has 1 amide bonds. The summed E-state index contributed by atoms with van der Waals surface area (Å²) in [6.45, 7) is 4.41. The van der Waals surface area contributed by atoms with Crippen LogP contribution in [0.4, 0.5) is 0 Å². The molecule has 0 saturated heterocycles. The molecule has 1 aromatic heterocycles. The van der Waals surface area contributed by atoms with Crippen molar-refractivity contribution in [3.05, 3.63) is 77.5 Å². The molecule has 0 spiro atoms. The Morgan fingerprint density at radius 1 is 1.18 bits per heavy atom. The number of nitrogens with zero attached hydrogens (tertiary/aromatic N) is 2. The summed E-state index contributed by atoms with van der Waals surface area (Å²) in [5, 5.41) is 11.0. The number of allylic oxidation sites excluding steroid dienone is 1. The van der Waals surface area contributed by atoms with Crippen molar-refractivity contribution in [3.63, 3.8) is 0 Å². The van der Waals surface area contributed by atoms with Crippen LogP contribution in [0.15, 0.2) is 65.8 Å². The van der Waals surface area contributed by atoms with E-state index in [0.29, 0.717) is 12.3 Å². The van der Waals surface area contributed by atoms with Gasteiger partial charge in [0.1, 0.15) is 11.4 Å². The van der Waals surface area contributed by atoms with Gasteiger partial charge < -0.3 is 4.74 Å². The van der Waals surface area contributed by atoms with Gasteiger partial charge in [-0.2, -0.15) is 10.2 Å². The molecule has 2 aromatic carbocycles. The number of carbonyl (C=O) groups excluding carboxylic acids is 1. The number of hydrogen-bond donors (Lipinski definition) is 2. The Labute approximate surface area is 163 Å². The Balaban J connectivity index is 1.63. The van der Waals surface area contributed by atoms with Crippen LogP contribution in [0.25, 0.3) is 17.3 Å². The number of hydrazone groups is 1. The van der Waals surface area contributed by atoms with Crippen LogP contribution in [-0.4, -0.2) is 28.9 Å². The molecule has 0 saturated carbocycles. The average Bonchev–Trinajstić information content (AvgIpc) is 3.11. The number of rotatable bonds is 7. The summed E-state index contributed by atoms with van der Waals surface area (Å²) in [5.41, 5.74) is 6.34. The fourth-order valence-electron chi connectivity index (χ4n) is 2.69. The first-order chi connectivity index (χ1) is 13.7. The van der Waals surface area contributed by atoms with Gasteiger partial charge in [0.05, 0.1) is 12.3 Å². The van der Waals surface area contributed by atoms with Crippen molar-refractivity contribution < 1.29 is 9.53 Å². The molecular formula is C22H22N4O2. The number of H-pyrrole nitrogens is 1. The predicted molar refractivity (Wildman–Crippen MR) is 111 cm³/mol. The maximum absolute atomic E-state index is 12.3. The van der Waals surface area contributed by atoms with Crippen LogP contribution in [-0.2, 0) is 0 Å². The molecule has 28 heavy (non-hydrogen) atoms. The Morgan fingerprint density at radius 3 is 2.64 bits per heavy atom. The smallest absolute Gasteiger partial charge is 0.289 e. The summed E-state index contributed by atoms with van der Waals surface area (Å²) in [6.07, 6.45) is 5.20. The summed E-state index contributed by atoms with van der Waals surface area (Å²) in [7, 11) is 0. The van der Waals surface area contributed by atoms with E-state index < -0.39 is 0 Å². The van der Waals surface area contributed by atoms with Crippen molar-refractivity contribution in [2.75, 3.05) is 6.61 Å². The molecule has 142 valence electrons. The topological polar surface area (TPSA) is 79.4 Å². The molecule has 1 heterocycles. The highest BCUT2D eigenvalue weighted by Gasteiger charge is 2.16. The van der Waals surface area contributed by atoms with E-state index in [-0.39, 0.29) is 5.91 Å². The molecule has 0 radical (unpaired) electrons. The van der Waals surface area contributed by atoms with Crippen molar-refractivity contribution in [2.45, 2.75) is 13.8 Å². The van der Waals surface area contributed by atoms with Gasteiger partial charge in [-0.1, -0.05) is 36.4 Å². The number of benzene rings is 2. The van der Waals surface area contributed by atoms with Crippen LogP contribution >= 0.6 is 0 Å². The molecule has 6 heteroatoms. The van der Waals surface area contributed by atoms with Crippen molar-refractivity contribution >= 4 is 18.2 Å². The minimum atomic E-state index is -0.341. The van der Waals surface area contributed by atoms with Crippen LogP contribution in [0.3, 0.4) is 0 Å². The first kappa shape index (κ1) is 19.1. The van der Waals surface area contributed by atoms with Gasteiger partial charge in [0, 0.05) is 17.3 Å². The zero-order valence-corrected chi connectivity index (χ0v) is 15.8. The van der Waals surface area contributed by atoms with Gasteiger partial charge in [-0.3, -0.25) is 9.89 Å². The number of carbonyl (C=O) groups is 1. The Morgan fingerprint density at radius 2 is 1.93 bits per heavy atom. The van der Waals surface area contributed by atoms with E-state index in [1.807, 2.05) is 74.5 Å². The highest BCUT2D eigenvalue weighted by atomic mass is 16.5. The molecule has 3 aromatic rings. The van der Waals surface area contributed by atoms with Crippen molar-refractivity contribution in [1.29, 1.82) is 0 Å². The van der Waals surface area contributed by atoms with Crippen LogP contribution < -0.4 is 10.2 Å². The first-order valence-corrected chi connectivity index (χ1v) is 9.02. The number of hydrogen-bond acceptors (Lipinski definition) is 4. The minimum absolute atomic E-state index is 0.341. The molecule has 3 rings (SSSR count). The Bertz CT molecular complexity index is 974. The second kappa shape index (κ2) is 9.32. The van der Waals surface area contributed by atoms with E-state index in [1.165, 1.54) is 6.21 Å². The molecule has 2 N–H and O–H groups in total. The van der Waals surface area contributed by atoms with Gasteiger partial charge in [0.2, 0.25) is 0 Å². The summed E-state index contributed by atoms with van der Waals surface area (Å²) in [5.74, 6) is 0.460. The summed E-state index contributed by atoms with van der Waals surface area (Å²) >= 11 is 0. The van der Waals surface area contributed by atoms with Crippen molar-refractivity contribution in [2.24, 2.45) is 5.10 Å². The zero-order chi connectivity index (χ0) is 19.8. The third-order valence-electron chi connectivity index (χ3n) is 4.09. The largest absolute Gasteiger partial charge is 0.494 e. The molecule has 0 atom stereocenters. The summed E-state index contributed by atoms with van der Waals surface area (Å²) in [6, 6.07) is 17.5. The second-order valence-electron chi connectivity index (χ2n) is 6.02. The van der Waals surface area contributed by atoms with E-state index in [2.05, 4.69) is 20.7 Å². The van der Waals surface area contributed by atoms with E-state index in [9.17, 15) is 4.79 Å². The quantitative estimate of drug-likeness (QED) is 0.480. The molecule has 0 aliphatic rings. The van der Waals surface area contributed by atoms with Gasteiger partial charge in [-0.25, -0.2) is 5.43 Å². The third-order valence-corrected chi connectivity index (χ3v) is 4.09. The fourth-order valence-corrected chi connectivity index (χ4v) is 2.69. The van der Waals surface area contributed by atoms with Crippen LogP contribution in [0, 0.1) is 6.92 Å². The number of ether oxygens (including phenoxy) is 1. The molecule has 0 aliphatic heterocycles. The number of aromatic amines is 1. The van der Waals surface area contributed by atoms with Crippen molar-refractivity contribution in [3.8, 4) is 17.0 Å². The van der Waals surface area contributed by atoms with Gasteiger partial charge in [-0.15, -0.1) is 0 Å². The van der Waals surface area contributed by atoms with Gasteiger partial charge >= 0.3 is 0 Å². The maximum atomic E-state index is 12.3. The Hall–Kier alpha value is -3.67. The molecule has 0 bridgehead atoms. The lowest BCUT2D eigenvalue weighted by Gasteiger charge is -2.04. The predicted octanol–water partition coefficient (Wildman–Crippen LogP) is 4.21. The molecule has 6 nitrogen and oxygen atoms in total. The number of amides is 1. The van der Waals surface area contributed by atoms with E-state index in [0.717, 1.165) is 28.1 Å². The van der Waals surface area contributed by atoms with Crippen LogP contribution in [0.1, 0.15) is 28.5 Å². The highest BCUT2D eigenvalue weighted by Crippen LogP contribution is 2.25. The monoisotopic (exact) mass is 374 g/mol. The van der Waals surface area contributed by atoms with Gasteiger partial charge in [0.15, 0.2) is 0 Å². The number of aromatic nitrogens is 2. The minimum Gasteiger partial charge on any atom is -0.494 e. The lowest BCUT2D eigenvalue weighted by molar-refractivity contribution is 0.0949. The number of nitrogens with one attached hydrogen (secondary N) is 2. The van der Waals surface area contributed by atoms with Crippen LogP contribution in [0.2, 0.25) is 0 Å². The second-order valence-corrected chi connectivity index (χ2v) is 6.02. The third kappa shape index (κ3) is 4.73. The Kier molecular flexibility index (Phi) is 6.36. The lowest BCUT2D eigenvalue weighted by Crippen LogP contribution is -2.18. The lowest BCUT2D eigenvalue weighted by atomic mass is 10.1. The van der Waals surface area contributed by atoms with Gasteiger partial charge in [0.25, 0.3) is 5.91 Å². The van der Waals surface area contributed by atoms with E-state index >= 15 is 0 Å². The van der Waals surface area contributed by atoms with Crippen molar-refractivity contribution in [1.82, 2.24) is 15.6 Å². The zero-order valence-electron chi connectivity index (χ0n) is 15.8. The highest BCUT2D eigenvalue weighted by molar-refractivity contribution is 5.95. The summed E-state index contributed by atoms with van der Waals surface area (Å²) < 4.78 is 5.45. The molecule has 0 fully saturated rings. The normalized spacial score (nSPS) is 11.2.